The summed E-state index contributed by atoms with van der Waals surface area (Å²) in [6.07, 6.45) is 1.22. The summed E-state index contributed by atoms with van der Waals surface area (Å²) >= 11 is 6.29. The number of aromatic nitrogens is 1. The third-order valence-electron chi connectivity index (χ3n) is 3.85. The monoisotopic (exact) mass is 320 g/mol. The first-order valence-corrected chi connectivity index (χ1v) is 7.51. The highest BCUT2D eigenvalue weighted by Crippen LogP contribution is 2.34. The molecule has 0 radical (unpaired) electrons. The second kappa shape index (κ2) is 6.52. The van der Waals surface area contributed by atoms with E-state index in [0.29, 0.717) is 23.9 Å². The van der Waals surface area contributed by atoms with Gasteiger partial charge in [-0.05, 0) is 23.8 Å². The molecule has 0 unspecified atom stereocenters. The van der Waals surface area contributed by atoms with Crippen molar-refractivity contribution in [3.63, 3.8) is 0 Å². The minimum atomic E-state index is -0.493. The summed E-state index contributed by atoms with van der Waals surface area (Å²) in [5, 5.41) is 10.2. The molecule has 0 bridgehead atoms. The number of aliphatic hydroxyl groups is 1. The van der Waals surface area contributed by atoms with Gasteiger partial charge in [0.05, 0.1) is 19.3 Å². The number of amides is 1. The first kappa shape index (κ1) is 15.1. The van der Waals surface area contributed by atoms with Crippen LogP contribution in [0.25, 0.3) is 0 Å². The number of nitrogens with one attached hydrogen (secondary N) is 1. The summed E-state index contributed by atoms with van der Waals surface area (Å²) in [5.41, 5.74) is 1.29. The van der Waals surface area contributed by atoms with Crippen molar-refractivity contribution in [1.82, 2.24) is 9.88 Å². The SMILES string of the molecule is O=C(c1ccc[nH]1)N1CCO[C@@H](CO)[C@@H]1c1ccccc1Cl. The lowest BCUT2D eigenvalue weighted by Crippen LogP contribution is -2.49. The van der Waals surface area contributed by atoms with E-state index in [9.17, 15) is 9.90 Å². The Kier molecular flexibility index (Phi) is 4.47. The van der Waals surface area contributed by atoms with Crippen LogP contribution in [0.2, 0.25) is 5.02 Å². The van der Waals surface area contributed by atoms with Gasteiger partial charge >= 0.3 is 0 Å². The molecule has 1 amide bonds. The third kappa shape index (κ3) is 2.75. The van der Waals surface area contributed by atoms with Crippen LogP contribution in [0.4, 0.5) is 0 Å². The molecule has 1 aliphatic rings. The summed E-state index contributed by atoms with van der Waals surface area (Å²) in [4.78, 5) is 17.4. The van der Waals surface area contributed by atoms with Crippen molar-refractivity contribution >= 4 is 17.5 Å². The number of carbonyl (C=O) groups excluding carboxylic acids is 1. The molecule has 2 atom stereocenters. The first-order valence-electron chi connectivity index (χ1n) is 7.13. The Bertz CT molecular complexity index is 645. The Hall–Kier alpha value is -1.82. The van der Waals surface area contributed by atoms with E-state index in [1.165, 1.54) is 0 Å². The fraction of sp³-hybridized carbons (Fsp3) is 0.312. The number of aromatic amines is 1. The summed E-state index contributed by atoms with van der Waals surface area (Å²) in [6.45, 7) is 0.660. The van der Waals surface area contributed by atoms with Crippen LogP contribution in [0.15, 0.2) is 42.6 Å². The highest BCUT2D eigenvalue weighted by Gasteiger charge is 2.37. The molecule has 3 rings (SSSR count). The third-order valence-corrected chi connectivity index (χ3v) is 4.19. The molecule has 1 aliphatic heterocycles. The van der Waals surface area contributed by atoms with Crippen molar-refractivity contribution in [2.45, 2.75) is 12.1 Å². The van der Waals surface area contributed by atoms with Gasteiger partial charge in [0.1, 0.15) is 11.8 Å². The second-order valence-electron chi connectivity index (χ2n) is 5.14. The van der Waals surface area contributed by atoms with Gasteiger partial charge in [-0.2, -0.15) is 0 Å². The van der Waals surface area contributed by atoms with Gasteiger partial charge in [0.15, 0.2) is 0 Å². The lowest BCUT2D eigenvalue weighted by molar-refractivity contribution is -0.0812. The molecule has 2 aromatic rings. The number of benzene rings is 1. The van der Waals surface area contributed by atoms with Crippen molar-refractivity contribution in [3.05, 3.63) is 58.9 Å². The van der Waals surface area contributed by atoms with Crippen molar-refractivity contribution in [2.24, 2.45) is 0 Å². The summed E-state index contributed by atoms with van der Waals surface area (Å²) in [6, 6.07) is 10.4. The van der Waals surface area contributed by atoms with Gasteiger partial charge in [0.2, 0.25) is 0 Å². The van der Waals surface area contributed by atoms with E-state index >= 15 is 0 Å². The number of nitrogens with zero attached hydrogens (tertiary/aromatic N) is 1. The molecule has 116 valence electrons. The highest BCUT2D eigenvalue weighted by atomic mass is 35.5. The molecular weight excluding hydrogens is 304 g/mol. The van der Waals surface area contributed by atoms with Crippen LogP contribution in [0.5, 0.6) is 0 Å². The standard InChI is InChI=1S/C16H17ClN2O3/c17-12-5-2-1-4-11(12)15-14(10-20)22-9-8-19(15)16(21)13-6-3-7-18-13/h1-7,14-15,18,20H,8-10H2/t14-,15-/m0/s1. The van der Waals surface area contributed by atoms with Gasteiger partial charge in [0.25, 0.3) is 5.91 Å². The number of aliphatic hydroxyl groups excluding tert-OH is 1. The number of hydrogen-bond acceptors (Lipinski definition) is 3. The van der Waals surface area contributed by atoms with Gasteiger partial charge < -0.3 is 19.7 Å². The minimum Gasteiger partial charge on any atom is -0.394 e. The zero-order valence-electron chi connectivity index (χ0n) is 11.9. The van der Waals surface area contributed by atoms with Crippen LogP contribution in [0, 0.1) is 0 Å². The molecule has 2 heterocycles. The fourth-order valence-electron chi connectivity index (χ4n) is 2.81. The number of halogens is 1. The van der Waals surface area contributed by atoms with Crippen LogP contribution in [0.1, 0.15) is 22.1 Å². The molecule has 1 aromatic carbocycles. The van der Waals surface area contributed by atoms with Crippen LogP contribution < -0.4 is 0 Å². The van der Waals surface area contributed by atoms with E-state index in [0.717, 1.165) is 5.56 Å². The molecule has 0 aliphatic carbocycles. The maximum Gasteiger partial charge on any atom is 0.270 e. The Morgan fingerprint density at radius 2 is 2.18 bits per heavy atom. The fourth-order valence-corrected chi connectivity index (χ4v) is 3.06. The summed E-state index contributed by atoms with van der Waals surface area (Å²) < 4.78 is 5.63. The molecule has 5 nitrogen and oxygen atoms in total. The number of carbonyl (C=O) groups is 1. The van der Waals surface area contributed by atoms with E-state index in [4.69, 9.17) is 16.3 Å². The molecule has 6 heteroatoms. The summed E-state index contributed by atoms with van der Waals surface area (Å²) in [7, 11) is 0. The lowest BCUT2D eigenvalue weighted by Gasteiger charge is -2.41. The predicted molar refractivity (Wildman–Crippen MR) is 82.8 cm³/mol. The van der Waals surface area contributed by atoms with Crippen LogP contribution >= 0.6 is 11.6 Å². The number of morpholine rings is 1. The minimum absolute atomic E-state index is 0.128. The molecule has 2 N–H and O–H groups in total. The maximum absolute atomic E-state index is 12.7. The van der Waals surface area contributed by atoms with Gasteiger partial charge in [0, 0.05) is 17.8 Å². The van der Waals surface area contributed by atoms with Gasteiger partial charge in [-0.1, -0.05) is 29.8 Å². The smallest absolute Gasteiger partial charge is 0.270 e. The Morgan fingerprint density at radius 3 is 2.86 bits per heavy atom. The van der Waals surface area contributed by atoms with Crippen molar-refractivity contribution in [3.8, 4) is 0 Å². The molecule has 1 fully saturated rings. The van der Waals surface area contributed by atoms with Gasteiger partial charge in [-0.3, -0.25) is 4.79 Å². The lowest BCUT2D eigenvalue weighted by atomic mass is 9.98. The van der Waals surface area contributed by atoms with Crippen LogP contribution in [-0.2, 0) is 4.74 Å². The van der Waals surface area contributed by atoms with E-state index < -0.39 is 12.1 Å². The van der Waals surface area contributed by atoms with E-state index in [2.05, 4.69) is 4.98 Å². The van der Waals surface area contributed by atoms with Gasteiger partial charge in [-0.25, -0.2) is 0 Å². The molecular formula is C16H17ClN2O3. The van der Waals surface area contributed by atoms with Crippen molar-refractivity contribution in [2.75, 3.05) is 19.8 Å². The predicted octanol–water partition coefficient (Wildman–Crippen LogP) is 2.24. The average Bonchev–Trinajstić information content (AvgIpc) is 3.08. The molecule has 0 saturated carbocycles. The molecule has 1 saturated heterocycles. The Balaban J connectivity index is 1.99. The Labute approximate surface area is 133 Å². The second-order valence-corrected chi connectivity index (χ2v) is 5.55. The van der Waals surface area contributed by atoms with Crippen molar-refractivity contribution < 1.29 is 14.6 Å². The largest absolute Gasteiger partial charge is 0.394 e. The van der Waals surface area contributed by atoms with Gasteiger partial charge in [-0.15, -0.1) is 0 Å². The molecule has 0 spiro atoms. The Morgan fingerprint density at radius 1 is 1.36 bits per heavy atom. The highest BCUT2D eigenvalue weighted by molar-refractivity contribution is 6.31. The normalized spacial score (nSPS) is 21.8. The number of H-pyrrole nitrogens is 1. The van der Waals surface area contributed by atoms with Crippen LogP contribution in [0.3, 0.4) is 0 Å². The van der Waals surface area contributed by atoms with Crippen LogP contribution in [-0.4, -0.2) is 46.8 Å². The van der Waals surface area contributed by atoms with E-state index in [1.807, 2.05) is 18.2 Å². The number of rotatable bonds is 3. The number of hydrogen-bond donors (Lipinski definition) is 2. The molecule has 22 heavy (non-hydrogen) atoms. The topological polar surface area (TPSA) is 65.6 Å². The zero-order chi connectivity index (χ0) is 15.5. The quantitative estimate of drug-likeness (QED) is 0.911. The first-order chi connectivity index (χ1) is 10.7. The van der Waals surface area contributed by atoms with E-state index in [-0.39, 0.29) is 12.5 Å². The average molecular weight is 321 g/mol. The summed E-state index contributed by atoms with van der Waals surface area (Å²) in [5.74, 6) is -0.128. The van der Waals surface area contributed by atoms with E-state index in [1.54, 1.807) is 29.3 Å². The number of ether oxygens (including phenoxy) is 1. The zero-order valence-corrected chi connectivity index (χ0v) is 12.7. The maximum atomic E-state index is 12.7. The van der Waals surface area contributed by atoms with Crippen molar-refractivity contribution in [1.29, 1.82) is 0 Å². The molecule has 1 aromatic heterocycles.